The lowest BCUT2D eigenvalue weighted by molar-refractivity contribution is -0.201. The maximum atomic E-state index is 12.3. The van der Waals surface area contributed by atoms with Gasteiger partial charge in [-0.15, -0.1) is 0 Å². The number of hydrogen-bond donors (Lipinski definition) is 4. The topological polar surface area (TPSA) is 147 Å². The van der Waals surface area contributed by atoms with Gasteiger partial charge in [-0.05, 0) is 37.1 Å². The molecule has 1 aliphatic rings. The average molecular weight is 459 g/mol. The number of sulfone groups is 1. The zero-order chi connectivity index (χ0) is 23.0. The van der Waals surface area contributed by atoms with Crippen molar-refractivity contribution in [3.63, 3.8) is 0 Å². The summed E-state index contributed by atoms with van der Waals surface area (Å²) >= 11 is 0. The maximum absolute atomic E-state index is 12.3. The SMILES string of the molecule is CS(=O)(=O)C1(c2cc(N)nc(-c3ccc(NC(=O)NCC(O)C(F)(F)F)cc3)n2)CC1. The minimum atomic E-state index is -4.83. The predicted octanol–water partition coefficient (Wildman–Crippen LogP) is 1.80. The van der Waals surface area contributed by atoms with Crippen LogP contribution in [-0.2, 0) is 14.6 Å². The number of anilines is 2. The van der Waals surface area contributed by atoms with Gasteiger partial charge in [-0.2, -0.15) is 13.2 Å². The number of aliphatic hydroxyl groups excluding tert-OH is 1. The lowest BCUT2D eigenvalue weighted by Crippen LogP contribution is -2.42. The van der Waals surface area contributed by atoms with Crippen LogP contribution in [0.4, 0.5) is 29.5 Å². The summed E-state index contributed by atoms with van der Waals surface area (Å²) in [5, 5.41) is 13.1. The fraction of sp³-hybridized carbons (Fsp3) is 0.389. The third kappa shape index (κ3) is 5.05. The number of benzene rings is 1. The van der Waals surface area contributed by atoms with Gasteiger partial charge in [-0.3, -0.25) is 0 Å². The molecular formula is C18H20F3N5O4S. The number of halogens is 3. The molecule has 0 radical (unpaired) electrons. The van der Waals surface area contributed by atoms with E-state index in [2.05, 4.69) is 15.3 Å². The van der Waals surface area contributed by atoms with E-state index in [1.165, 1.54) is 18.2 Å². The first-order valence-electron chi connectivity index (χ1n) is 9.06. The highest BCUT2D eigenvalue weighted by atomic mass is 32.2. The van der Waals surface area contributed by atoms with Crippen molar-refractivity contribution in [2.75, 3.05) is 23.9 Å². The number of carbonyl (C=O) groups excluding carboxylic acids is 1. The van der Waals surface area contributed by atoms with Crippen molar-refractivity contribution in [3.05, 3.63) is 36.0 Å². The Labute approximate surface area is 175 Å². The second-order valence-electron chi connectivity index (χ2n) is 7.24. The molecule has 13 heteroatoms. The predicted molar refractivity (Wildman–Crippen MR) is 107 cm³/mol. The van der Waals surface area contributed by atoms with Crippen molar-refractivity contribution in [1.29, 1.82) is 0 Å². The molecule has 31 heavy (non-hydrogen) atoms. The second kappa shape index (κ2) is 7.96. The summed E-state index contributed by atoms with van der Waals surface area (Å²) in [6, 6.07) is 6.52. The minimum absolute atomic E-state index is 0.111. The molecule has 0 aliphatic heterocycles. The molecule has 1 unspecified atom stereocenters. The van der Waals surface area contributed by atoms with E-state index in [9.17, 15) is 26.4 Å². The number of carbonyl (C=O) groups is 1. The fourth-order valence-corrected chi connectivity index (χ4v) is 4.27. The van der Waals surface area contributed by atoms with Crippen molar-refractivity contribution in [3.8, 4) is 11.4 Å². The number of hydrogen-bond acceptors (Lipinski definition) is 7. The molecule has 1 fully saturated rings. The third-order valence-corrected chi connectivity index (χ3v) is 6.90. The van der Waals surface area contributed by atoms with Gasteiger partial charge in [0.2, 0.25) is 0 Å². The summed E-state index contributed by atoms with van der Waals surface area (Å²) in [5.74, 6) is 0.314. The molecule has 3 rings (SSSR count). The van der Waals surface area contributed by atoms with Crippen LogP contribution in [0.2, 0.25) is 0 Å². The smallest absolute Gasteiger partial charge is 0.384 e. The molecule has 0 bridgehead atoms. The number of alkyl halides is 3. The van der Waals surface area contributed by atoms with Gasteiger partial charge in [0.15, 0.2) is 21.8 Å². The van der Waals surface area contributed by atoms with Crippen molar-refractivity contribution >= 4 is 27.4 Å². The first-order chi connectivity index (χ1) is 14.3. The Morgan fingerprint density at radius 2 is 1.87 bits per heavy atom. The van der Waals surface area contributed by atoms with Gasteiger partial charge in [0.05, 0.1) is 12.2 Å². The van der Waals surface area contributed by atoms with Crippen LogP contribution < -0.4 is 16.4 Å². The zero-order valence-electron chi connectivity index (χ0n) is 16.3. The van der Waals surface area contributed by atoms with E-state index in [0.717, 1.165) is 6.26 Å². The number of urea groups is 1. The molecule has 2 amide bonds. The van der Waals surface area contributed by atoms with Gasteiger partial charge < -0.3 is 21.5 Å². The lowest BCUT2D eigenvalue weighted by atomic mass is 10.1. The Hall–Kier alpha value is -2.93. The summed E-state index contributed by atoms with van der Waals surface area (Å²) in [5.41, 5.74) is 6.92. The molecule has 0 spiro atoms. The molecule has 168 valence electrons. The van der Waals surface area contributed by atoms with Crippen LogP contribution in [0.25, 0.3) is 11.4 Å². The highest BCUT2D eigenvalue weighted by Crippen LogP contribution is 2.52. The zero-order valence-corrected chi connectivity index (χ0v) is 17.1. The van der Waals surface area contributed by atoms with Gasteiger partial charge in [0.1, 0.15) is 10.6 Å². The molecule has 1 saturated carbocycles. The summed E-state index contributed by atoms with van der Waals surface area (Å²) < 4.78 is 60.0. The molecular weight excluding hydrogens is 439 g/mol. The lowest BCUT2D eigenvalue weighted by Gasteiger charge is -2.15. The normalized spacial score (nSPS) is 16.4. The van der Waals surface area contributed by atoms with Crippen LogP contribution in [0.5, 0.6) is 0 Å². The highest BCUT2D eigenvalue weighted by Gasteiger charge is 2.55. The van der Waals surface area contributed by atoms with E-state index in [1.54, 1.807) is 12.1 Å². The van der Waals surface area contributed by atoms with Gasteiger partial charge in [-0.1, -0.05) is 0 Å². The Bertz CT molecular complexity index is 1090. The Morgan fingerprint density at radius 3 is 2.39 bits per heavy atom. The molecule has 2 aromatic rings. The second-order valence-corrected chi connectivity index (χ2v) is 9.56. The van der Waals surface area contributed by atoms with Crippen molar-refractivity contribution in [2.24, 2.45) is 0 Å². The summed E-state index contributed by atoms with van der Waals surface area (Å²) in [6.45, 7) is -0.991. The molecule has 1 aromatic carbocycles. The highest BCUT2D eigenvalue weighted by molar-refractivity contribution is 7.91. The van der Waals surface area contributed by atoms with Gasteiger partial charge in [0.25, 0.3) is 0 Å². The number of aromatic nitrogens is 2. The summed E-state index contributed by atoms with van der Waals surface area (Å²) in [4.78, 5) is 20.2. The van der Waals surface area contributed by atoms with E-state index >= 15 is 0 Å². The van der Waals surface area contributed by atoms with Crippen LogP contribution in [0.3, 0.4) is 0 Å². The van der Waals surface area contributed by atoms with Crippen molar-refractivity contribution < 1.29 is 31.5 Å². The number of aliphatic hydroxyl groups is 1. The van der Waals surface area contributed by atoms with E-state index in [0.29, 0.717) is 24.1 Å². The molecule has 1 aliphatic carbocycles. The van der Waals surface area contributed by atoms with E-state index in [1.807, 2.05) is 5.32 Å². The molecule has 0 saturated heterocycles. The number of nitrogen functional groups attached to an aromatic ring is 1. The first kappa shape index (κ1) is 22.7. The number of rotatable bonds is 6. The molecule has 1 atom stereocenters. The quantitative estimate of drug-likeness (QED) is 0.515. The standard InChI is InChI=1S/C18H20F3N5O4S/c1-31(29,30)17(6-7-17)12-8-14(22)26-15(25-12)10-2-4-11(5-3-10)24-16(28)23-9-13(27)18(19,20)21/h2-5,8,13,27H,6-7,9H2,1H3,(H2,22,25,26)(H2,23,24,28). The van der Waals surface area contributed by atoms with Crippen molar-refractivity contribution in [2.45, 2.75) is 29.9 Å². The number of nitrogens with one attached hydrogen (secondary N) is 2. The summed E-state index contributed by atoms with van der Waals surface area (Å²) in [6.07, 6.45) is -5.46. The largest absolute Gasteiger partial charge is 0.416 e. The van der Waals surface area contributed by atoms with E-state index in [-0.39, 0.29) is 17.3 Å². The Balaban J connectivity index is 1.72. The Morgan fingerprint density at radius 1 is 1.26 bits per heavy atom. The van der Waals surface area contributed by atoms with Crippen LogP contribution in [0.15, 0.2) is 30.3 Å². The monoisotopic (exact) mass is 459 g/mol. The minimum Gasteiger partial charge on any atom is -0.384 e. The van der Waals surface area contributed by atoms with Gasteiger partial charge in [-0.25, -0.2) is 23.2 Å². The molecule has 5 N–H and O–H groups in total. The Kier molecular flexibility index (Phi) is 5.84. The first-order valence-corrected chi connectivity index (χ1v) is 11.0. The maximum Gasteiger partial charge on any atom is 0.416 e. The van der Waals surface area contributed by atoms with Crippen LogP contribution in [-0.4, -0.2) is 54.6 Å². The van der Waals surface area contributed by atoms with E-state index in [4.69, 9.17) is 10.8 Å². The van der Waals surface area contributed by atoms with Crippen LogP contribution in [0.1, 0.15) is 18.5 Å². The van der Waals surface area contributed by atoms with Crippen LogP contribution >= 0.6 is 0 Å². The number of amides is 2. The third-order valence-electron chi connectivity index (χ3n) is 4.86. The molecule has 1 aromatic heterocycles. The molecule has 9 nitrogen and oxygen atoms in total. The van der Waals surface area contributed by atoms with Gasteiger partial charge in [0, 0.05) is 23.6 Å². The van der Waals surface area contributed by atoms with Gasteiger partial charge >= 0.3 is 12.2 Å². The number of nitrogens with zero attached hydrogens (tertiary/aromatic N) is 2. The fourth-order valence-electron chi connectivity index (χ4n) is 2.94. The summed E-state index contributed by atoms with van der Waals surface area (Å²) in [7, 11) is -3.39. The van der Waals surface area contributed by atoms with E-state index < -0.39 is 39.4 Å². The average Bonchev–Trinajstić information content (AvgIpc) is 3.47. The van der Waals surface area contributed by atoms with Crippen molar-refractivity contribution in [1.82, 2.24) is 15.3 Å². The number of nitrogens with two attached hydrogens (primary N) is 1. The molecule has 1 heterocycles. The van der Waals surface area contributed by atoms with Crippen LogP contribution in [0, 0.1) is 0 Å².